The number of carbonyl (C=O) groups is 2. The second kappa shape index (κ2) is 8.04. The summed E-state index contributed by atoms with van der Waals surface area (Å²) in [6.07, 6.45) is 0.816. The van der Waals surface area contributed by atoms with Gasteiger partial charge < -0.3 is 15.5 Å². The Bertz CT molecular complexity index is 776. The highest BCUT2D eigenvalue weighted by molar-refractivity contribution is 5.98. The van der Waals surface area contributed by atoms with E-state index in [0.29, 0.717) is 13.1 Å². The van der Waals surface area contributed by atoms with E-state index in [1.807, 2.05) is 68.4 Å². The molecule has 0 aromatic heterocycles. The average molecular weight is 351 g/mol. The van der Waals surface area contributed by atoms with Gasteiger partial charge in [-0.25, -0.2) is 4.79 Å². The normalized spacial score (nSPS) is 17.7. The van der Waals surface area contributed by atoms with E-state index in [1.54, 1.807) is 4.90 Å². The molecule has 1 aliphatic heterocycles. The van der Waals surface area contributed by atoms with Crippen LogP contribution in [0.1, 0.15) is 31.4 Å². The van der Waals surface area contributed by atoms with Gasteiger partial charge in [-0.1, -0.05) is 68.8 Å². The maximum Gasteiger partial charge on any atom is 0.318 e. The number of carbonyl (C=O) groups excluding carboxylic acids is 2. The molecule has 0 aliphatic carbocycles. The van der Waals surface area contributed by atoms with Gasteiger partial charge in [-0.2, -0.15) is 0 Å². The molecular weight excluding hydrogens is 326 g/mol. The number of hydrogen-bond donors (Lipinski definition) is 2. The van der Waals surface area contributed by atoms with Crippen LogP contribution in [0.2, 0.25) is 0 Å². The van der Waals surface area contributed by atoms with Crippen LogP contribution in [0.25, 0.3) is 0 Å². The van der Waals surface area contributed by atoms with Crippen LogP contribution in [0.5, 0.6) is 0 Å². The highest BCUT2D eigenvalue weighted by atomic mass is 16.2. The number of benzene rings is 2. The lowest BCUT2D eigenvalue weighted by Crippen LogP contribution is -2.52. The van der Waals surface area contributed by atoms with Crippen molar-refractivity contribution >= 4 is 17.6 Å². The summed E-state index contributed by atoms with van der Waals surface area (Å²) in [6, 6.07) is 16.7. The van der Waals surface area contributed by atoms with Crippen molar-refractivity contribution in [2.75, 3.05) is 5.32 Å². The highest BCUT2D eigenvalue weighted by Crippen LogP contribution is 2.27. The number of anilines is 1. The predicted molar refractivity (Wildman–Crippen MR) is 103 cm³/mol. The number of fused-ring (bicyclic) bond motifs is 1. The van der Waals surface area contributed by atoms with Crippen LogP contribution in [0, 0.1) is 5.92 Å². The largest absolute Gasteiger partial charge is 0.334 e. The third-order valence-electron chi connectivity index (χ3n) is 4.95. The molecule has 2 aromatic carbocycles. The Morgan fingerprint density at radius 2 is 1.88 bits per heavy atom. The standard InChI is InChI=1S/C21H25N3O2/c1-3-15(2)19-20(25)23-18-12-8-7-11-17(18)14-24(19)21(26)22-13-16-9-5-4-6-10-16/h4-12,15,19H,3,13-14H2,1-2H3,(H,22,26)(H,23,25). The zero-order valence-electron chi connectivity index (χ0n) is 15.2. The molecule has 0 saturated heterocycles. The van der Waals surface area contributed by atoms with Gasteiger partial charge in [0.1, 0.15) is 6.04 Å². The number of nitrogens with one attached hydrogen (secondary N) is 2. The van der Waals surface area contributed by atoms with Gasteiger partial charge in [0.25, 0.3) is 0 Å². The maximum atomic E-state index is 12.9. The van der Waals surface area contributed by atoms with Gasteiger partial charge in [0.05, 0.1) is 6.54 Å². The molecule has 1 heterocycles. The van der Waals surface area contributed by atoms with Crippen molar-refractivity contribution < 1.29 is 9.59 Å². The minimum atomic E-state index is -0.497. The smallest absolute Gasteiger partial charge is 0.318 e. The molecule has 2 unspecified atom stereocenters. The van der Waals surface area contributed by atoms with Crippen molar-refractivity contribution in [2.24, 2.45) is 5.92 Å². The van der Waals surface area contributed by atoms with Crippen LogP contribution < -0.4 is 10.6 Å². The Hall–Kier alpha value is -2.82. The number of rotatable bonds is 4. The lowest BCUT2D eigenvalue weighted by molar-refractivity contribution is -0.121. The van der Waals surface area contributed by atoms with E-state index in [0.717, 1.165) is 23.2 Å². The lowest BCUT2D eigenvalue weighted by Gasteiger charge is -2.32. The van der Waals surface area contributed by atoms with Crippen molar-refractivity contribution in [3.8, 4) is 0 Å². The summed E-state index contributed by atoms with van der Waals surface area (Å²) in [5.41, 5.74) is 2.76. The van der Waals surface area contributed by atoms with Crippen molar-refractivity contribution in [3.05, 3.63) is 65.7 Å². The fourth-order valence-corrected chi connectivity index (χ4v) is 3.27. The van der Waals surface area contributed by atoms with Gasteiger partial charge in [0.15, 0.2) is 0 Å². The van der Waals surface area contributed by atoms with Crippen molar-refractivity contribution in [1.29, 1.82) is 0 Å². The number of urea groups is 1. The third kappa shape index (κ3) is 3.87. The topological polar surface area (TPSA) is 61.4 Å². The minimum Gasteiger partial charge on any atom is -0.334 e. The quantitative estimate of drug-likeness (QED) is 0.881. The van der Waals surface area contributed by atoms with Crippen molar-refractivity contribution in [3.63, 3.8) is 0 Å². The third-order valence-corrected chi connectivity index (χ3v) is 4.95. The van der Waals surface area contributed by atoms with Crippen LogP contribution in [0.4, 0.5) is 10.5 Å². The van der Waals surface area contributed by atoms with Crippen molar-refractivity contribution in [2.45, 2.75) is 39.4 Å². The highest BCUT2D eigenvalue weighted by Gasteiger charge is 2.36. The van der Waals surface area contributed by atoms with E-state index in [1.165, 1.54) is 0 Å². The maximum absolute atomic E-state index is 12.9. The van der Waals surface area contributed by atoms with E-state index in [4.69, 9.17) is 0 Å². The Balaban J connectivity index is 1.84. The predicted octanol–water partition coefficient (Wildman–Crippen LogP) is 3.77. The van der Waals surface area contributed by atoms with E-state index in [9.17, 15) is 9.59 Å². The molecular formula is C21H25N3O2. The Morgan fingerprint density at radius 1 is 1.19 bits per heavy atom. The first-order chi connectivity index (χ1) is 12.6. The molecule has 136 valence electrons. The molecule has 3 amide bonds. The summed E-state index contributed by atoms with van der Waals surface area (Å²) < 4.78 is 0. The molecule has 2 N–H and O–H groups in total. The van der Waals surface area contributed by atoms with E-state index < -0.39 is 6.04 Å². The van der Waals surface area contributed by atoms with E-state index in [-0.39, 0.29) is 17.9 Å². The molecule has 0 saturated carbocycles. The summed E-state index contributed by atoms with van der Waals surface area (Å²) in [6.45, 7) is 4.89. The molecule has 2 aromatic rings. The Labute approximate surface area is 154 Å². The van der Waals surface area contributed by atoms with E-state index >= 15 is 0 Å². The van der Waals surface area contributed by atoms with Crippen LogP contribution in [0.3, 0.4) is 0 Å². The first kappa shape index (κ1) is 18.0. The van der Waals surface area contributed by atoms with Crippen LogP contribution in [-0.4, -0.2) is 22.9 Å². The molecule has 2 atom stereocenters. The van der Waals surface area contributed by atoms with Gasteiger partial charge in [-0.3, -0.25) is 4.79 Å². The van der Waals surface area contributed by atoms with Gasteiger partial charge >= 0.3 is 6.03 Å². The second-order valence-corrected chi connectivity index (χ2v) is 6.75. The molecule has 0 radical (unpaired) electrons. The molecule has 3 rings (SSSR count). The molecule has 5 heteroatoms. The Morgan fingerprint density at radius 3 is 2.62 bits per heavy atom. The van der Waals surface area contributed by atoms with Gasteiger partial charge in [0, 0.05) is 12.2 Å². The van der Waals surface area contributed by atoms with Gasteiger partial charge in [-0.05, 0) is 23.1 Å². The van der Waals surface area contributed by atoms with Crippen LogP contribution in [-0.2, 0) is 17.9 Å². The summed E-state index contributed by atoms with van der Waals surface area (Å²) >= 11 is 0. The zero-order valence-corrected chi connectivity index (χ0v) is 15.2. The number of hydrogen-bond acceptors (Lipinski definition) is 2. The first-order valence-electron chi connectivity index (χ1n) is 9.07. The van der Waals surface area contributed by atoms with Gasteiger partial charge in [0.2, 0.25) is 5.91 Å². The summed E-state index contributed by atoms with van der Waals surface area (Å²) in [5.74, 6) is -0.0639. The Kier molecular flexibility index (Phi) is 5.56. The molecule has 0 fully saturated rings. The summed E-state index contributed by atoms with van der Waals surface area (Å²) in [7, 11) is 0. The molecule has 5 nitrogen and oxygen atoms in total. The van der Waals surface area contributed by atoms with Crippen molar-refractivity contribution in [1.82, 2.24) is 10.2 Å². The van der Waals surface area contributed by atoms with Gasteiger partial charge in [-0.15, -0.1) is 0 Å². The SMILES string of the molecule is CCC(C)C1C(=O)Nc2ccccc2CN1C(=O)NCc1ccccc1. The monoisotopic (exact) mass is 351 g/mol. The molecule has 26 heavy (non-hydrogen) atoms. The van der Waals surface area contributed by atoms with Crippen LogP contribution >= 0.6 is 0 Å². The van der Waals surface area contributed by atoms with E-state index in [2.05, 4.69) is 10.6 Å². The average Bonchev–Trinajstić information content (AvgIpc) is 2.82. The minimum absolute atomic E-state index is 0.0618. The first-order valence-corrected chi connectivity index (χ1v) is 9.07. The summed E-state index contributed by atoms with van der Waals surface area (Å²) in [4.78, 5) is 27.4. The zero-order chi connectivity index (χ0) is 18.5. The summed E-state index contributed by atoms with van der Waals surface area (Å²) in [5, 5.41) is 5.95. The van der Waals surface area contributed by atoms with Crippen LogP contribution in [0.15, 0.2) is 54.6 Å². The number of para-hydroxylation sites is 1. The number of amides is 3. The molecule has 1 aliphatic rings. The second-order valence-electron chi connectivity index (χ2n) is 6.75. The molecule has 0 bridgehead atoms. The lowest BCUT2D eigenvalue weighted by atomic mass is 9.97. The molecule has 0 spiro atoms. The number of nitrogens with zero attached hydrogens (tertiary/aromatic N) is 1. The fraction of sp³-hybridized carbons (Fsp3) is 0.333. The fourth-order valence-electron chi connectivity index (χ4n) is 3.27.